The monoisotopic (exact) mass is 203 g/mol. The first-order chi connectivity index (χ1) is 6.21. The summed E-state index contributed by atoms with van der Waals surface area (Å²) in [5.41, 5.74) is 0.580. The summed E-state index contributed by atoms with van der Waals surface area (Å²) in [5, 5.41) is 0. The molecule has 0 N–H and O–H groups in total. The van der Waals surface area contributed by atoms with Crippen LogP contribution in [0.5, 0.6) is 0 Å². The highest BCUT2D eigenvalue weighted by atomic mass is 28.4. The van der Waals surface area contributed by atoms with Gasteiger partial charge in [-0.15, -0.1) is 0 Å². The Labute approximate surface area is 82.3 Å². The molecule has 78 valence electrons. The van der Waals surface area contributed by atoms with E-state index in [1.165, 1.54) is 12.8 Å². The predicted octanol–water partition coefficient (Wildman–Crippen LogP) is 1.72. The van der Waals surface area contributed by atoms with Gasteiger partial charge >= 0.3 is 8.72 Å². The maximum absolute atomic E-state index is 5.69. The summed E-state index contributed by atoms with van der Waals surface area (Å²) >= 11 is 0. The van der Waals surface area contributed by atoms with E-state index in [4.69, 9.17) is 8.85 Å². The molecule has 1 heterocycles. The normalized spacial score (nSPS) is 29.1. The first-order valence-electron chi connectivity index (χ1n) is 5.06. The summed E-state index contributed by atoms with van der Waals surface area (Å²) in [7, 11) is 1.55. The Kier molecular flexibility index (Phi) is 3.91. The van der Waals surface area contributed by atoms with Crippen LogP contribution in [0.25, 0.3) is 0 Å². The fourth-order valence-corrected chi connectivity index (χ4v) is 5.95. The van der Waals surface area contributed by atoms with E-state index in [-0.39, 0.29) is 0 Å². The van der Waals surface area contributed by atoms with E-state index in [2.05, 4.69) is 18.4 Å². The molecule has 1 saturated heterocycles. The third kappa shape index (κ3) is 1.81. The molecule has 0 aromatic heterocycles. The Morgan fingerprint density at radius 2 is 2.00 bits per heavy atom. The van der Waals surface area contributed by atoms with Crippen molar-refractivity contribution in [3.05, 3.63) is 0 Å². The first-order valence-corrected chi connectivity index (χ1v) is 6.90. The van der Waals surface area contributed by atoms with E-state index < -0.39 is 8.72 Å². The standard InChI is InChI=1S/C9H21NO2Si/c1-5-10-8-6-7-9(2)13(10,11-3)12-4/h9H,5-8H2,1-4H3. The van der Waals surface area contributed by atoms with E-state index in [0.29, 0.717) is 5.54 Å². The first kappa shape index (κ1) is 11.2. The minimum atomic E-state index is -2.03. The van der Waals surface area contributed by atoms with Crippen molar-refractivity contribution in [1.82, 2.24) is 4.57 Å². The molecule has 1 fully saturated rings. The van der Waals surface area contributed by atoms with Crippen LogP contribution >= 0.6 is 0 Å². The molecular weight excluding hydrogens is 182 g/mol. The highest BCUT2D eigenvalue weighted by Gasteiger charge is 2.49. The molecule has 1 rings (SSSR count). The molecule has 13 heavy (non-hydrogen) atoms. The second-order valence-corrected chi connectivity index (χ2v) is 7.36. The molecule has 1 atom stereocenters. The Morgan fingerprint density at radius 1 is 1.38 bits per heavy atom. The van der Waals surface area contributed by atoms with Gasteiger partial charge in [-0.3, -0.25) is 4.57 Å². The van der Waals surface area contributed by atoms with Crippen LogP contribution in [-0.4, -0.2) is 40.6 Å². The molecule has 0 aromatic rings. The third-order valence-electron chi connectivity index (χ3n) is 3.10. The third-order valence-corrected chi connectivity index (χ3v) is 7.22. The number of hydrogen-bond acceptors (Lipinski definition) is 3. The van der Waals surface area contributed by atoms with Gasteiger partial charge in [0.15, 0.2) is 0 Å². The molecule has 1 aliphatic heterocycles. The summed E-state index contributed by atoms with van der Waals surface area (Å²) in [5.74, 6) is 0. The van der Waals surface area contributed by atoms with Crippen molar-refractivity contribution in [3.8, 4) is 0 Å². The Hall–Kier alpha value is 0.0969. The van der Waals surface area contributed by atoms with Crippen molar-refractivity contribution in [2.45, 2.75) is 32.2 Å². The molecule has 0 amide bonds. The molecule has 3 nitrogen and oxygen atoms in total. The summed E-state index contributed by atoms with van der Waals surface area (Å²) in [6, 6.07) is 0. The maximum atomic E-state index is 5.69. The lowest BCUT2D eigenvalue weighted by Gasteiger charge is -2.44. The predicted molar refractivity (Wildman–Crippen MR) is 55.7 cm³/mol. The van der Waals surface area contributed by atoms with Gasteiger partial charge in [0.1, 0.15) is 0 Å². The van der Waals surface area contributed by atoms with E-state index in [0.717, 1.165) is 13.1 Å². The number of nitrogens with zero attached hydrogens (tertiary/aromatic N) is 1. The van der Waals surface area contributed by atoms with E-state index in [9.17, 15) is 0 Å². The average molecular weight is 203 g/mol. The van der Waals surface area contributed by atoms with Crippen LogP contribution in [0.1, 0.15) is 26.7 Å². The smallest absolute Gasteiger partial charge is 0.386 e. The van der Waals surface area contributed by atoms with Crippen molar-refractivity contribution >= 4 is 8.72 Å². The van der Waals surface area contributed by atoms with Crippen LogP contribution in [-0.2, 0) is 8.85 Å². The largest absolute Gasteiger partial charge is 0.430 e. The topological polar surface area (TPSA) is 21.7 Å². The lowest BCUT2D eigenvalue weighted by molar-refractivity contribution is 0.136. The minimum absolute atomic E-state index is 0.580. The van der Waals surface area contributed by atoms with Gasteiger partial charge in [0.05, 0.1) is 0 Å². The lowest BCUT2D eigenvalue weighted by Crippen LogP contribution is -2.62. The summed E-state index contributed by atoms with van der Waals surface area (Å²) in [4.78, 5) is 0. The maximum Gasteiger partial charge on any atom is 0.430 e. The number of rotatable bonds is 3. The molecule has 1 unspecified atom stereocenters. The van der Waals surface area contributed by atoms with Gasteiger partial charge in [-0.2, -0.15) is 0 Å². The summed E-state index contributed by atoms with van der Waals surface area (Å²) < 4.78 is 13.8. The summed E-state index contributed by atoms with van der Waals surface area (Å²) in [6.45, 7) is 6.60. The molecule has 0 aromatic carbocycles. The van der Waals surface area contributed by atoms with Crippen molar-refractivity contribution in [3.63, 3.8) is 0 Å². The van der Waals surface area contributed by atoms with Crippen LogP contribution < -0.4 is 0 Å². The van der Waals surface area contributed by atoms with Crippen molar-refractivity contribution in [2.24, 2.45) is 0 Å². The van der Waals surface area contributed by atoms with Crippen LogP contribution in [0.4, 0.5) is 0 Å². The molecule has 0 spiro atoms. The van der Waals surface area contributed by atoms with Gasteiger partial charge in [0.2, 0.25) is 0 Å². The highest BCUT2D eigenvalue weighted by Crippen LogP contribution is 2.34. The molecule has 0 aliphatic carbocycles. The Balaban J connectivity index is 2.81. The quantitative estimate of drug-likeness (QED) is 0.652. The fourth-order valence-electron chi connectivity index (χ4n) is 2.36. The van der Waals surface area contributed by atoms with Crippen LogP contribution in [0, 0.1) is 0 Å². The van der Waals surface area contributed by atoms with Gasteiger partial charge in [0, 0.05) is 19.8 Å². The van der Waals surface area contributed by atoms with Crippen molar-refractivity contribution in [2.75, 3.05) is 27.3 Å². The fraction of sp³-hybridized carbons (Fsp3) is 1.00. The molecular formula is C9H21NO2Si. The van der Waals surface area contributed by atoms with E-state index >= 15 is 0 Å². The lowest BCUT2D eigenvalue weighted by atomic mass is 10.2. The molecule has 0 radical (unpaired) electrons. The van der Waals surface area contributed by atoms with Crippen molar-refractivity contribution in [1.29, 1.82) is 0 Å². The zero-order chi connectivity index (χ0) is 9.90. The second kappa shape index (κ2) is 4.55. The molecule has 0 saturated carbocycles. The zero-order valence-electron chi connectivity index (χ0n) is 9.17. The SMILES string of the molecule is CCN1CCCC(C)[Si]1(OC)OC. The summed E-state index contributed by atoms with van der Waals surface area (Å²) in [6.07, 6.45) is 2.51. The van der Waals surface area contributed by atoms with Gasteiger partial charge < -0.3 is 8.85 Å². The van der Waals surface area contributed by atoms with Gasteiger partial charge in [-0.25, -0.2) is 0 Å². The molecule has 1 aliphatic rings. The zero-order valence-corrected chi connectivity index (χ0v) is 10.2. The van der Waals surface area contributed by atoms with E-state index in [1.54, 1.807) is 14.2 Å². The van der Waals surface area contributed by atoms with Gasteiger partial charge in [0.25, 0.3) is 0 Å². The Morgan fingerprint density at radius 3 is 2.38 bits per heavy atom. The van der Waals surface area contributed by atoms with Crippen LogP contribution in [0.3, 0.4) is 0 Å². The number of hydrogen-bond donors (Lipinski definition) is 0. The van der Waals surface area contributed by atoms with Crippen LogP contribution in [0.15, 0.2) is 0 Å². The molecule has 4 heteroatoms. The minimum Gasteiger partial charge on any atom is -0.386 e. The molecule has 0 bridgehead atoms. The van der Waals surface area contributed by atoms with E-state index in [1.807, 2.05) is 0 Å². The van der Waals surface area contributed by atoms with Gasteiger partial charge in [-0.05, 0) is 25.9 Å². The average Bonchev–Trinajstić information content (AvgIpc) is 2.18. The highest BCUT2D eigenvalue weighted by molar-refractivity contribution is 6.66. The second-order valence-electron chi connectivity index (χ2n) is 3.66. The van der Waals surface area contributed by atoms with Gasteiger partial charge in [-0.1, -0.05) is 13.8 Å². The Bertz CT molecular complexity index is 162. The van der Waals surface area contributed by atoms with Crippen LogP contribution in [0.2, 0.25) is 5.54 Å². The van der Waals surface area contributed by atoms with Crippen molar-refractivity contribution < 1.29 is 8.85 Å².